The average molecular weight is 378 g/mol. The minimum absolute atomic E-state index is 0.104. The van der Waals surface area contributed by atoms with Gasteiger partial charge in [0, 0.05) is 12.4 Å². The van der Waals surface area contributed by atoms with Crippen LogP contribution >= 0.6 is 0 Å². The van der Waals surface area contributed by atoms with Crippen molar-refractivity contribution in [3.05, 3.63) is 54.1 Å². The molecule has 26 heavy (non-hydrogen) atoms. The fourth-order valence-corrected chi connectivity index (χ4v) is 3.83. The van der Waals surface area contributed by atoms with E-state index >= 15 is 0 Å². The van der Waals surface area contributed by atoms with Gasteiger partial charge < -0.3 is 0 Å². The summed E-state index contributed by atoms with van der Waals surface area (Å²) >= 11 is 0. The summed E-state index contributed by atoms with van der Waals surface area (Å²) in [5.41, 5.74) is 0.166. The van der Waals surface area contributed by atoms with E-state index in [1.54, 1.807) is 19.2 Å². The molecule has 0 aliphatic heterocycles. The number of aromatic amines is 1. The molecule has 3 aromatic rings. The van der Waals surface area contributed by atoms with Crippen molar-refractivity contribution >= 4 is 10.0 Å². The van der Waals surface area contributed by atoms with E-state index in [4.69, 9.17) is 0 Å². The van der Waals surface area contributed by atoms with Crippen LogP contribution in [0, 0.1) is 18.7 Å². The first-order valence-electron chi connectivity index (χ1n) is 7.99. The van der Waals surface area contributed by atoms with Crippen molar-refractivity contribution < 1.29 is 12.8 Å². The van der Waals surface area contributed by atoms with Gasteiger partial charge in [-0.1, -0.05) is 13.8 Å². The number of nitrogens with one attached hydrogen (secondary N) is 2. The highest BCUT2D eigenvalue weighted by Crippen LogP contribution is 2.23. The molecule has 2 N–H and O–H groups in total. The first-order valence-corrected chi connectivity index (χ1v) is 9.47. The number of rotatable bonds is 6. The Labute approximate surface area is 150 Å². The Morgan fingerprint density at radius 1 is 1.31 bits per heavy atom. The zero-order chi connectivity index (χ0) is 18.9. The van der Waals surface area contributed by atoms with Crippen LogP contribution in [0.5, 0.6) is 0 Å². The summed E-state index contributed by atoms with van der Waals surface area (Å²) in [5, 5.41) is 10.7. The van der Waals surface area contributed by atoms with Crippen LogP contribution in [0.2, 0.25) is 0 Å². The standard InChI is InChI=1S/C16H19FN6O2S/c1-10(2)15(16-19-11(3)20-21-16)22-26(24,25)12-5-6-14(13(17)9-12)23-8-4-7-18-23/h4-10,15,22H,1-3H3,(H,19,20,21)/t15-/m1/s1. The third-order valence-electron chi connectivity index (χ3n) is 3.82. The van der Waals surface area contributed by atoms with Gasteiger partial charge in [-0.3, -0.25) is 5.10 Å². The van der Waals surface area contributed by atoms with E-state index in [1.165, 1.54) is 23.0 Å². The minimum atomic E-state index is -3.97. The Morgan fingerprint density at radius 3 is 2.62 bits per heavy atom. The second-order valence-corrected chi connectivity index (χ2v) is 7.90. The minimum Gasteiger partial charge on any atom is -0.263 e. The molecular formula is C16H19FN6O2S. The molecule has 2 aromatic heterocycles. The molecule has 0 saturated heterocycles. The number of aromatic nitrogens is 5. The van der Waals surface area contributed by atoms with Crippen LogP contribution in [0.15, 0.2) is 41.6 Å². The van der Waals surface area contributed by atoms with E-state index in [1.807, 2.05) is 13.8 Å². The summed E-state index contributed by atoms with van der Waals surface area (Å²) < 4.78 is 43.7. The van der Waals surface area contributed by atoms with Gasteiger partial charge in [0.05, 0.1) is 10.9 Å². The van der Waals surface area contributed by atoms with Crippen molar-refractivity contribution in [1.82, 2.24) is 29.7 Å². The van der Waals surface area contributed by atoms with Crippen molar-refractivity contribution in [2.75, 3.05) is 0 Å². The second kappa shape index (κ2) is 6.96. The first kappa shape index (κ1) is 18.2. The molecule has 138 valence electrons. The lowest BCUT2D eigenvalue weighted by Gasteiger charge is -2.19. The average Bonchev–Trinajstić information content (AvgIpc) is 3.24. The maximum Gasteiger partial charge on any atom is 0.241 e. The van der Waals surface area contributed by atoms with Crippen LogP contribution in [-0.4, -0.2) is 33.4 Å². The molecule has 0 spiro atoms. The van der Waals surface area contributed by atoms with Gasteiger partial charge in [0.25, 0.3) is 0 Å². The molecule has 2 heterocycles. The number of sulfonamides is 1. The summed E-state index contributed by atoms with van der Waals surface area (Å²) in [7, 11) is -3.97. The third kappa shape index (κ3) is 3.65. The summed E-state index contributed by atoms with van der Waals surface area (Å²) in [5.74, 6) is 0.133. The van der Waals surface area contributed by atoms with Crippen LogP contribution in [0.25, 0.3) is 5.69 Å². The van der Waals surface area contributed by atoms with Gasteiger partial charge in [0.15, 0.2) is 5.82 Å². The smallest absolute Gasteiger partial charge is 0.241 e. The maximum absolute atomic E-state index is 14.4. The molecule has 10 heteroatoms. The van der Waals surface area contributed by atoms with Crippen LogP contribution in [0.4, 0.5) is 4.39 Å². The second-order valence-electron chi connectivity index (χ2n) is 6.19. The summed E-state index contributed by atoms with van der Waals surface area (Å²) in [6, 6.07) is 4.69. The van der Waals surface area contributed by atoms with E-state index < -0.39 is 21.9 Å². The van der Waals surface area contributed by atoms with Crippen LogP contribution in [0.3, 0.4) is 0 Å². The molecule has 0 fully saturated rings. The quantitative estimate of drug-likeness (QED) is 0.683. The predicted molar refractivity (Wildman–Crippen MR) is 92.5 cm³/mol. The number of nitrogens with zero attached hydrogens (tertiary/aromatic N) is 4. The molecule has 0 amide bonds. The molecule has 0 saturated carbocycles. The van der Waals surface area contributed by atoms with Crippen molar-refractivity contribution in [2.24, 2.45) is 5.92 Å². The van der Waals surface area contributed by atoms with E-state index in [0.29, 0.717) is 11.6 Å². The van der Waals surface area contributed by atoms with E-state index in [2.05, 4.69) is 25.0 Å². The molecule has 3 rings (SSSR count). The van der Waals surface area contributed by atoms with Crippen molar-refractivity contribution in [1.29, 1.82) is 0 Å². The maximum atomic E-state index is 14.4. The van der Waals surface area contributed by atoms with Crippen molar-refractivity contribution in [3.63, 3.8) is 0 Å². The summed E-state index contributed by atoms with van der Waals surface area (Å²) in [6.45, 7) is 5.42. The SMILES string of the molecule is Cc1nc([C@H](NS(=O)(=O)c2ccc(-n3cccn3)c(F)c2)C(C)C)n[nH]1. The van der Waals surface area contributed by atoms with Crippen molar-refractivity contribution in [3.8, 4) is 5.69 Å². The van der Waals surface area contributed by atoms with Gasteiger partial charge in [-0.15, -0.1) is 0 Å². The van der Waals surface area contributed by atoms with Crippen LogP contribution in [-0.2, 0) is 10.0 Å². The fourth-order valence-electron chi connectivity index (χ4n) is 2.47. The number of H-pyrrole nitrogens is 1. The molecular weight excluding hydrogens is 359 g/mol. The Morgan fingerprint density at radius 2 is 2.08 bits per heavy atom. The van der Waals surface area contributed by atoms with Gasteiger partial charge >= 0.3 is 0 Å². The molecule has 0 bridgehead atoms. The highest BCUT2D eigenvalue weighted by Gasteiger charge is 2.27. The Kier molecular flexibility index (Phi) is 4.88. The number of hydrogen-bond acceptors (Lipinski definition) is 5. The number of halogens is 1. The largest absolute Gasteiger partial charge is 0.263 e. The van der Waals surface area contributed by atoms with Gasteiger partial charge in [-0.2, -0.15) is 10.2 Å². The highest BCUT2D eigenvalue weighted by atomic mass is 32.2. The number of hydrogen-bond donors (Lipinski definition) is 2. The predicted octanol–water partition coefficient (Wildman–Crippen LogP) is 2.11. The number of benzene rings is 1. The third-order valence-corrected chi connectivity index (χ3v) is 5.26. The van der Waals surface area contributed by atoms with E-state index in [-0.39, 0.29) is 16.5 Å². The summed E-state index contributed by atoms with van der Waals surface area (Å²) in [6.07, 6.45) is 3.09. The molecule has 0 radical (unpaired) electrons. The molecule has 0 unspecified atom stereocenters. The van der Waals surface area contributed by atoms with Gasteiger partial charge in [0.1, 0.15) is 17.3 Å². The number of aryl methyl sites for hydroxylation is 1. The van der Waals surface area contributed by atoms with Gasteiger partial charge in [0.2, 0.25) is 10.0 Å². The Hall–Kier alpha value is -2.59. The Bertz CT molecular complexity index is 998. The first-order chi connectivity index (χ1) is 12.3. The van der Waals surface area contributed by atoms with E-state index in [0.717, 1.165) is 6.07 Å². The monoisotopic (exact) mass is 378 g/mol. The molecule has 0 aliphatic carbocycles. The van der Waals surface area contributed by atoms with Crippen LogP contribution in [0.1, 0.15) is 31.5 Å². The lowest BCUT2D eigenvalue weighted by atomic mass is 10.1. The molecule has 1 atom stereocenters. The zero-order valence-electron chi connectivity index (χ0n) is 14.5. The Balaban J connectivity index is 1.91. The van der Waals surface area contributed by atoms with Gasteiger partial charge in [-0.25, -0.2) is 27.2 Å². The normalized spacial score (nSPS) is 13.3. The fraction of sp³-hybridized carbons (Fsp3) is 0.312. The van der Waals surface area contributed by atoms with Crippen LogP contribution < -0.4 is 4.72 Å². The van der Waals surface area contributed by atoms with Gasteiger partial charge in [-0.05, 0) is 37.1 Å². The zero-order valence-corrected chi connectivity index (χ0v) is 15.3. The summed E-state index contributed by atoms with van der Waals surface area (Å²) in [4.78, 5) is 4.02. The van der Waals surface area contributed by atoms with E-state index in [9.17, 15) is 12.8 Å². The molecule has 1 aromatic carbocycles. The lowest BCUT2D eigenvalue weighted by Crippen LogP contribution is -2.32. The topological polar surface area (TPSA) is 106 Å². The molecule has 0 aliphatic rings. The highest BCUT2D eigenvalue weighted by molar-refractivity contribution is 7.89. The molecule has 8 nitrogen and oxygen atoms in total. The van der Waals surface area contributed by atoms with Crippen molar-refractivity contribution in [2.45, 2.75) is 31.7 Å². The lowest BCUT2D eigenvalue weighted by molar-refractivity contribution is 0.445.